The molecule has 0 unspecified atom stereocenters. The van der Waals surface area contributed by atoms with Crippen LogP contribution in [0.2, 0.25) is 0 Å². The minimum atomic E-state index is -0.323. The van der Waals surface area contributed by atoms with Gasteiger partial charge in [-0.15, -0.1) is 0 Å². The van der Waals surface area contributed by atoms with Crippen LogP contribution in [-0.4, -0.2) is 19.9 Å². The molecule has 5 nitrogen and oxygen atoms in total. The van der Waals surface area contributed by atoms with Gasteiger partial charge in [-0.05, 0) is 38.1 Å². The van der Waals surface area contributed by atoms with Crippen molar-refractivity contribution in [3.63, 3.8) is 0 Å². The smallest absolute Gasteiger partial charge is 0.230 e. The molecule has 0 fully saturated rings. The Hall–Kier alpha value is -3.41. The maximum atomic E-state index is 13.8. The zero-order valence-corrected chi connectivity index (χ0v) is 14.4. The number of anilines is 2. The average Bonchev–Trinajstić information content (AvgIpc) is 2.61. The molecule has 1 N–H and O–H groups in total. The van der Waals surface area contributed by atoms with E-state index in [1.165, 1.54) is 12.1 Å². The van der Waals surface area contributed by atoms with Crippen molar-refractivity contribution >= 4 is 22.8 Å². The second-order valence-electron chi connectivity index (χ2n) is 6.02. The van der Waals surface area contributed by atoms with E-state index in [4.69, 9.17) is 0 Å². The fourth-order valence-corrected chi connectivity index (χ4v) is 2.85. The molecule has 6 heteroatoms. The van der Waals surface area contributed by atoms with Crippen LogP contribution in [0.25, 0.3) is 22.2 Å². The Morgan fingerprint density at radius 2 is 1.46 bits per heavy atom. The summed E-state index contributed by atoms with van der Waals surface area (Å²) in [6, 6.07) is 16.0. The molecule has 0 bridgehead atoms. The third-order valence-corrected chi connectivity index (χ3v) is 3.91. The fraction of sp³-hybridized carbons (Fsp3) is 0.100. The van der Waals surface area contributed by atoms with Crippen LogP contribution in [0.5, 0.6) is 0 Å². The minimum Gasteiger partial charge on any atom is -0.293 e. The maximum Gasteiger partial charge on any atom is 0.230 e. The zero-order valence-electron chi connectivity index (χ0n) is 14.4. The molecule has 0 aliphatic rings. The summed E-state index contributed by atoms with van der Waals surface area (Å²) in [6.45, 7) is 3.80. The molecule has 26 heavy (non-hydrogen) atoms. The van der Waals surface area contributed by atoms with Crippen LogP contribution in [0, 0.1) is 19.7 Å². The molecule has 0 spiro atoms. The van der Waals surface area contributed by atoms with Crippen molar-refractivity contribution in [3.8, 4) is 11.3 Å². The largest absolute Gasteiger partial charge is 0.293 e. The van der Waals surface area contributed by atoms with Crippen molar-refractivity contribution in [3.05, 3.63) is 71.8 Å². The summed E-state index contributed by atoms with van der Waals surface area (Å²) in [6.07, 6.45) is 0. The molecule has 0 radical (unpaired) electrons. The summed E-state index contributed by atoms with van der Waals surface area (Å²) in [5.74, 6) is 0.479. The Morgan fingerprint density at radius 1 is 0.769 bits per heavy atom. The van der Waals surface area contributed by atoms with Crippen LogP contribution in [0.4, 0.5) is 16.3 Å². The van der Waals surface area contributed by atoms with E-state index in [0.29, 0.717) is 28.5 Å². The highest BCUT2D eigenvalue weighted by Gasteiger charge is 2.12. The lowest BCUT2D eigenvalue weighted by Crippen LogP contribution is -2.04. The zero-order chi connectivity index (χ0) is 18.1. The maximum absolute atomic E-state index is 13.8. The number of hydrogen-bond acceptors (Lipinski definition) is 5. The molecule has 0 atom stereocenters. The molecular weight excluding hydrogens is 329 g/mol. The van der Waals surface area contributed by atoms with Gasteiger partial charge in [0.05, 0.1) is 11.2 Å². The topological polar surface area (TPSA) is 63.6 Å². The number of aromatic nitrogens is 4. The normalized spacial score (nSPS) is 10.9. The van der Waals surface area contributed by atoms with Gasteiger partial charge in [0.25, 0.3) is 0 Å². The van der Waals surface area contributed by atoms with Crippen molar-refractivity contribution in [1.82, 2.24) is 19.9 Å². The highest BCUT2D eigenvalue weighted by molar-refractivity contribution is 5.93. The summed E-state index contributed by atoms with van der Waals surface area (Å²) >= 11 is 0. The van der Waals surface area contributed by atoms with Crippen molar-refractivity contribution in [2.24, 2.45) is 0 Å². The van der Waals surface area contributed by atoms with Gasteiger partial charge in [0.1, 0.15) is 5.82 Å². The van der Waals surface area contributed by atoms with Crippen molar-refractivity contribution < 1.29 is 4.39 Å². The number of hydrogen-bond donors (Lipinski definition) is 1. The lowest BCUT2D eigenvalue weighted by atomic mass is 10.1. The van der Waals surface area contributed by atoms with Gasteiger partial charge in [0.2, 0.25) is 11.9 Å². The Bertz CT molecular complexity index is 1080. The van der Waals surface area contributed by atoms with Crippen molar-refractivity contribution in [1.29, 1.82) is 0 Å². The van der Waals surface area contributed by atoms with Gasteiger partial charge in [-0.2, -0.15) is 0 Å². The predicted molar refractivity (Wildman–Crippen MR) is 99.7 cm³/mol. The Balaban J connectivity index is 1.87. The monoisotopic (exact) mass is 345 g/mol. The van der Waals surface area contributed by atoms with Crippen LogP contribution in [0.1, 0.15) is 11.4 Å². The Labute approximate surface area is 150 Å². The van der Waals surface area contributed by atoms with Crippen molar-refractivity contribution in [2.75, 3.05) is 5.32 Å². The third kappa shape index (κ3) is 3.21. The fourth-order valence-electron chi connectivity index (χ4n) is 2.85. The first-order valence-electron chi connectivity index (χ1n) is 8.20. The second-order valence-corrected chi connectivity index (χ2v) is 6.02. The van der Waals surface area contributed by atoms with Crippen LogP contribution in [0.3, 0.4) is 0 Å². The highest BCUT2D eigenvalue weighted by atomic mass is 19.1. The molecule has 0 saturated carbocycles. The molecule has 2 aromatic heterocycles. The molecule has 0 amide bonds. The standard InChI is InChI=1S/C20H16FN5/c1-12-10-13(2)23-19(22-12)26-20-24-17-9-8-15(21)11-16(17)18(25-20)14-6-4-3-5-7-14/h3-11H,1-2H3,(H,22,23,24,25,26). The molecule has 0 saturated heterocycles. The van der Waals surface area contributed by atoms with Gasteiger partial charge in [-0.25, -0.2) is 24.3 Å². The van der Waals surface area contributed by atoms with E-state index in [0.717, 1.165) is 17.0 Å². The molecule has 2 heterocycles. The summed E-state index contributed by atoms with van der Waals surface area (Å²) in [4.78, 5) is 17.8. The van der Waals surface area contributed by atoms with Crippen LogP contribution < -0.4 is 5.32 Å². The lowest BCUT2D eigenvalue weighted by Gasteiger charge is -2.10. The third-order valence-electron chi connectivity index (χ3n) is 3.91. The molecule has 2 aromatic carbocycles. The van der Waals surface area contributed by atoms with E-state index in [1.807, 2.05) is 50.2 Å². The lowest BCUT2D eigenvalue weighted by molar-refractivity contribution is 0.629. The molecule has 4 aromatic rings. The number of nitrogens with one attached hydrogen (secondary N) is 1. The Kier molecular flexibility index (Phi) is 4.01. The number of aryl methyl sites for hydroxylation is 2. The van der Waals surface area contributed by atoms with Crippen LogP contribution in [-0.2, 0) is 0 Å². The second kappa shape index (κ2) is 6.48. The summed E-state index contributed by atoms with van der Waals surface area (Å²) in [7, 11) is 0. The van der Waals surface area contributed by atoms with E-state index in [1.54, 1.807) is 6.07 Å². The summed E-state index contributed by atoms with van der Waals surface area (Å²) in [5, 5.41) is 3.72. The van der Waals surface area contributed by atoms with E-state index in [9.17, 15) is 4.39 Å². The molecular formula is C20H16FN5. The predicted octanol–water partition coefficient (Wildman–Crippen LogP) is 4.59. The van der Waals surface area contributed by atoms with E-state index < -0.39 is 0 Å². The van der Waals surface area contributed by atoms with E-state index >= 15 is 0 Å². The number of halogens is 1. The quantitative estimate of drug-likeness (QED) is 0.588. The summed E-state index contributed by atoms with van der Waals surface area (Å²) < 4.78 is 13.8. The number of nitrogens with zero attached hydrogens (tertiary/aromatic N) is 4. The van der Waals surface area contributed by atoms with Crippen LogP contribution in [0.15, 0.2) is 54.6 Å². The summed E-state index contributed by atoms with van der Waals surface area (Å²) in [5.41, 5.74) is 3.89. The minimum absolute atomic E-state index is 0.323. The molecule has 0 aliphatic carbocycles. The van der Waals surface area contributed by atoms with Gasteiger partial charge in [0, 0.05) is 22.3 Å². The molecule has 0 aliphatic heterocycles. The first-order chi connectivity index (χ1) is 12.6. The van der Waals surface area contributed by atoms with E-state index in [-0.39, 0.29) is 5.82 Å². The van der Waals surface area contributed by atoms with E-state index in [2.05, 4.69) is 25.3 Å². The number of benzene rings is 2. The van der Waals surface area contributed by atoms with Gasteiger partial charge < -0.3 is 0 Å². The molecule has 4 rings (SSSR count). The van der Waals surface area contributed by atoms with Gasteiger partial charge in [0.15, 0.2) is 0 Å². The first-order valence-corrected chi connectivity index (χ1v) is 8.20. The molecule has 128 valence electrons. The SMILES string of the molecule is Cc1cc(C)nc(Nc2nc(-c3ccccc3)c3cc(F)ccc3n2)n1. The Morgan fingerprint density at radius 3 is 2.19 bits per heavy atom. The van der Waals surface area contributed by atoms with Gasteiger partial charge in [-0.1, -0.05) is 30.3 Å². The van der Waals surface area contributed by atoms with Gasteiger partial charge >= 0.3 is 0 Å². The number of fused-ring (bicyclic) bond motifs is 1. The average molecular weight is 345 g/mol. The van der Waals surface area contributed by atoms with Gasteiger partial charge in [-0.3, -0.25) is 5.32 Å². The number of rotatable bonds is 3. The highest BCUT2D eigenvalue weighted by Crippen LogP contribution is 2.28. The first kappa shape index (κ1) is 16.1. The van der Waals surface area contributed by atoms with Crippen LogP contribution >= 0.6 is 0 Å². The van der Waals surface area contributed by atoms with Crippen molar-refractivity contribution in [2.45, 2.75) is 13.8 Å².